The fourth-order valence-corrected chi connectivity index (χ4v) is 2.14. The topological polar surface area (TPSA) is 57.4 Å². The fraction of sp³-hybridized carbons (Fsp3) is 0.615. The molecule has 1 aromatic heterocycles. The Morgan fingerprint density at radius 2 is 2.17 bits per heavy atom. The molecule has 0 bridgehead atoms. The summed E-state index contributed by atoms with van der Waals surface area (Å²) in [5.74, 6) is 6.24. The number of nitrogens with two attached hydrogens (primary N) is 1. The number of rotatable bonds is 7. The third kappa shape index (κ3) is 4.25. The summed E-state index contributed by atoms with van der Waals surface area (Å²) in [6.07, 6.45) is 1.75. The Hall–Kier alpha value is -1.17. The van der Waals surface area contributed by atoms with Crippen molar-refractivity contribution in [1.82, 2.24) is 14.8 Å². The lowest BCUT2D eigenvalue weighted by molar-refractivity contribution is 0.174. The predicted molar refractivity (Wildman–Crippen MR) is 76.1 cm³/mol. The third-order valence-corrected chi connectivity index (χ3v) is 3.06. The molecule has 5 heteroatoms. The highest BCUT2D eigenvalue weighted by Gasteiger charge is 2.15. The zero-order valence-electron chi connectivity index (χ0n) is 11.8. The van der Waals surface area contributed by atoms with E-state index in [1.54, 1.807) is 6.20 Å². The maximum absolute atomic E-state index is 5.49. The standard InChI is InChI=1S/C13H25N5/c1-5-18(11(2)9-17(3)4)10-12-7-6-8-15-13(12)16-14/h6-8,11H,5,9-10,14H2,1-4H3,(H,15,16). The van der Waals surface area contributed by atoms with Gasteiger partial charge in [-0.25, -0.2) is 10.8 Å². The highest BCUT2D eigenvalue weighted by atomic mass is 15.3. The molecule has 0 aliphatic rings. The molecule has 0 spiro atoms. The van der Waals surface area contributed by atoms with Crippen LogP contribution in [0.25, 0.3) is 0 Å². The van der Waals surface area contributed by atoms with Crippen LogP contribution in [-0.2, 0) is 6.54 Å². The van der Waals surface area contributed by atoms with Gasteiger partial charge in [-0.2, -0.15) is 0 Å². The van der Waals surface area contributed by atoms with Crippen molar-refractivity contribution in [3.63, 3.8) is 0 Å². The van der Waals surface area contributed by atoms with E-state index in [0.29, 0.717) is 6.04 Å². The first-order valence-corrected chi connectivity index (χ1v) is 6.37. The summed E-state index contributed by atoms with van der Waals surface area (Å²) in [7, 11) is 4.20. The van der Waals surface area contributed by atoms with Gasteiger partial charge in [0.05, 0.1) is 0 Å². The largest absolute Gasteiger partial charge is 0.308 e. The number of nitrogen functional groups attached to an aromatic ring is 1. The number of likely N-dealkylation sites (N-methyl/N-ethyl adjacent to an activating group) is 2. The number of pyridine rings is 1. The van der Waals surface area contributed by atoms with E-state index in [9.17, 15) is 0 Å². The van der Waals surface area contributed by atoms with Crippen LogP contribution in [0.5, 0.6) is 0 Å². The second kappa shape index (κ2) is 7.31. The molecule has 0 saturated carbocycles. The van der Waals surface area contributed by atoms with Crippen molar-refractivity contribution in [2.75, 3.05) is 32.6 Å². The van der Waals surface area contributed by atoms with Crippen molar-refractivity contribution >= 4 is 5.82 Å². The molecule has 0 aromatic carbocycles. The highest BCUT2D eigenvalue weighted by Crippen LogP contribution is 2.14. The molecule has 0 aliphatic heterocycles. The second-order valence-electron chi connectivity index (χ2n) is 4.83. The van der Waals surface area contributed by atoms with Crippen LogP contribution >= 0.6 is 0 Å². The van der Waals surface area contributed by atoms with Crippen LogP contribution < -0.4 is 11.3 Å². The van der Waals surface area contributed by atoms with Crippen molar-refractivity contribution in [2.45, 2.75) is 26.4 Å². The van der Waals surface area contributed by atoms with E-state index in [1.165, 1.54) is 0 Å². The molecule has 102 valence electrons. The number of hydrogen-bond acceptors (Lipinski definition) is 5. The van der Waals surface area contributed by atoms with Crippen LogP contribution in [0.4, 0.5) is 5.82 Å². The van der Waals surface area contributed by atoms with Crippen LogP contribution in [0, 0.1) is 0 Å². The Morgan fingerprint density at radius 1 is 1.44 bits per heavy atom. The molecule has 0 saturated heterocycles. The molecular weight excluding hydrogens is 226 g/mol. The summed E-state index contributed by atoms with van der Waals surface area (Å²) in [4.78, 5) is 8.85. The third-order valence-electron chi connectivity index (χ3n) is 3.06. The minimum absolute atomic E-state index is 0.496. The van der Waals surface area contributed by atoms with E-state index < -0.39 is 0 Å². The lowest BCUT2D eigenvalue weighted by Gasteiger charge is -2.30. The summed E-state index contributed by atoms with van der Waals surface area (Å²) in [5, 5.41) is 0. The van der Waals surface area contributed by atoms with Crippen LogP contribution in [0.2, 0.25) is 0 Å². The number of nitrogens with zero attached hydrogens (tertiary/aromatic N) is 3. The second-order valence-corrected chi connectivity index (χ2v) is 4.83. The molecule has 18 heavy (non-hydrogen) atoms. The van der Waals surface area contributed by atoms with Gasteiger partial charge in [-0.05, 0) is 33.6 Å². The molecule has 5 nitrogen and oxygen atoms in total. The summed E-state index contributed by atoms with van der Waals surface area (Å²) >= 11 is 0. The van der Waals surface area contributed by atoms with Crippen molar-refractivity contribution in [1.29, 1.82) is 0 Å². The number of aromatic nitrogens is 1. The number of hydrogen-bond donors (Lipinski definition) is 2. The van der Waals surface area contributed by atoms with Crippen LogP contribution in [0.3, 0.4) is 0 Å². The van der Waals surface area contributed by atoms with Gasteiger partial charge in [0.2, 0.25) is 0 Å². The molecule has 1 aromatic rings. The highest BCUT2D eigenvalue weighted by molar-refractivity contribution is 5.42. The van der Waals surface area contributed by atoms with Gasteiger partial charge in [0.25, 0.3) is 0 Å². The lowest BCUT2D eigenvalue weighted by Crippen LogP contribution is -2.39. The van der Waals surface area contributed by atoms with Gasteiger partial charge in [0.1, 0.15) is 5.82 Å². The summed E-state index contributed by atoms with van der Waals surface area (Å²) < 4.78 is 0. The summed E-state index contributed by atoms with van der Waals surface area (Å²) in [6.45, 7) is 7.33. The Morgan fingerprint density at radius 3 is 2.72 bits per heavy atom. The number of hydrazine groups is 1. The molecule has 1 atom stereocenters. The first-order chi connectivity index (χ1) is 8.58. The minimum Gasteiger partial charge on any atom is -0.308 e. The molecule has 3 N–H and O–H groups in total. The Kier molecular flexibility index (Phi) is 6.04. The van der Waals surface area contributed by atoms with E-state index in [4.69, 9.17) is 5.84 Å². The lowest BCUT2D eigenvalue weighted by atomic mass is 10.2. The van der Waals surface area contributed by atoms with Gasteiger partial charge in [-0.1, -0.05) is 13.0 Å². The van der Waals surface area contributed by atoms with Gasteiger partial charge in [0.15, 0.2) is 0 Å². The maximum Gasteiger partial charge on any atom is 0.144 e. The first-order valence-electron chi connectivity index (χ1n) is 6.37. The number of nitrogens with one attached hydrogen (secondary N) is 1. The molecule has 1 rings (SSSR count). The molecule has 0 fully saturated rings. The van der Waals surface area contributed by atoms with Crippen LogP contribution in [0.15, 0.2) is 18.3 Å². The van der Waals surface area contributed by atoms with E-state index in [1.807, 2.05) is 6.07 Å². The van der Waals surface area contributed by atoms with Gasteiger partial charge < -0.3 is 10.3 Å². The monoisotopic (exact) mass is 251 g/mol. The van der Waals surface area contributed by atoms with Gasteiger partial charge >= 0.3 is 0 Å². The molecule has 0 radical (unpaired) electrons. The quantitative estimate of drug-likeness (QED) is 0.562. The van der Waals surface area contributed by atoms with Crippen LogP contribution in [0.1, 0.15) is 19.4 Å². The number of anilines is 1. The van der Waals surface area contributed by atoms with Crippen molar-refractivity contribution in [3.8, 4) is 0 Å². The fourth-order valence-electron chi connectivity index (χ4n) is 2.14. The summed E-state index contributed by atoms with van der Waals surface area (Å²) in [6, 6.07) is 4.50. The molecular formula is C13H25N5. The van der Waals surface area contributed by atoms with Gasteiger partial charge in [-0.3, -0.25) is 4.90 Å². The Bertz CT molecular complexity index is 353. The minimum atomic E-state index is 0.496. The predicted octanol–water partition coefficient (Wildman–Crippen LogP) is 1.14. The average molecular weight is 251 g/mol. The van der Waals surface area contributed by atoms with E-state index in [2.05, 4.69) is 54.2 Å². The van der Waals surface area contributed by atoms with E-state index in [0.717, 1.165) is 31.0 Å². The van der Waals surface area contributed by atoms with Crippen molar-refractivity contribution in [2.24, 2.45) is 5.84 Å². The normalized spacial score (nSPS) is 13.1. The smallest absolute Gasteiger partial charge is 0.144 e. The Balaban J connectivity index is 2.73. The van der Waals surface area contributed by atoms with Crippen molar-refractivity contribution in [3.05, 3.63) is 23.9 Å². The zero-order valence-corrected chi connectivity index (χ0v) is 11.8. The van der Waals surface area contributed by atoms with Crippen molar-refractivity contribution < 1.29 is 0 Å². The summed E-state index contributed by atoms with van der Waals surface area (Å²) in [5.41, 5.74) is 3.79. The first kappa shape index (κ1) is 14.9. The van der Waals surface area contributed by atoms with Gasteiger partial charge in [-0.15, -0.1) is 0 Å². The maximum atomic E-state index is 5.49. The molecule has 1 unspecified atom stereocenters. The molecule has 0 aliphatic carbocycles. The SMILES string of the molecule is CCN(Cc1cccnc1NN)C(C)CN(C)C. The van der Waals surface area contributed by atoms with E-state index in [-0.39, 0.29) is 0 Å². The average Bonchev–Trinajstić information content (AvgIpc) is 2.35. The molecule has 0 amide bonds. The van der Waals surface area contributed by atoms with Crippen LogP contribution in [-0.4, -0.2) is 48.0 Å². The Labute approximate surface area is 110 Å². The van der Waals surface area contributed by atoms with E-state index >= 15 is 0 Å². The molecule has 1 heterocycles. The zero-order chi connectivity index (χ0) is 13.5. The van der Waals surface area contributed by atoms with Gasteiger partial charge in [0, 0.05) is 30.9 Å².